The number of aromatic nitrogens is 2. The Bertz CT molecular complexity index is 3000. The summed E-state index contributed by atoms with van der Waals surface area (Å²) in [5, 5.41) is 8.70. The predicted molar refractivity (Wildman–Crippen MR) is 222 cm³/mol. The summed E-state index contributed by atoms with van der Waals surface area (Å²) >= 11 is 0. The number of para-hydroxylation sites is 3. The van der Waals surface area contributed by atoms with Gasteiger partial charge in [-0.15, -0.1) is 0 Å². The fraction of sp³-hybridized carbons (Fsp3) is 0.0612. The molecule has 0 bridgehead atoms. The molecular weight excluding hydrogens is 631 g/mol. The van der Waals surface area contributed by atoms with Crippen LogP contribution in [0.2, 0.25) is 0 Å². The monoisotopic (exact) mass is 667 g/mol. The van der Waals surface area contributed by atoms with E-state index in [9.17, 15) is 0 Å². The standard InChI is InChI=1S/C49H37N3/c1-32-28-35-15-9-10-17-37(35)30-45(32)52(39-25-24-34-14-7-8-16-36(34)29-39)46-31-47-42(26-27-51(47)38-18-5-4-6-19-38)48(33(46)2)43-22-13-21-41-40-20-11-12-23-44(40)50(3)49(41)43/h4-31H,1-3H3. The first-order chi connectivity index (χ1) is 25.5. The molecule has 0 saturated carbocycles. The lowest BCUT2D eigenvalue weighted by atomic mass is 9.92. The Morgan fingerprint density at radius 2 is 1.15 bits per heavy atom. The molecule has 0 aliphatic heterocycles. The van der Waals surface area contributed by atoms with E-state index in [0.29, 0.717) is 0 Å². The molecule has 0 spiro atoms. The first-order valence-electron chi connectivity index (χ1n) is 18.0. The van der Waals surface area contributed by atoms with E-state index in [1.165, 1.54) is 82.2 Å². The van der Waals surface area contributed by atoms with Crippen LogP contribution in [0.5, 0.6) is 0 Å². The number of hydrogen-bond donors (Lipinski definition) is 0. The Morgan fingerprint density at radius 3 is 1.96 bits per heavy atom. The molecular formula is C49H37N3. The molecule has 248 valence electrons. The van der Waals surface area contributed by atoms with Gasteiger partial charge in [-0.3, -0.25) is 0 Å². The van der Waals surface area contributed by atoms with E-state index in [0.717, 1.165) is 17.1 Å². The van der Waals surface area contributed by atoms with Gasteiger partial charge in [-0.25, -0.2) is 0 Å². The minimum Gasteiger partial charge on any atom is -0.343 e. The summed E-state index contributed by atoms with van der Waals surface area (Å²) in [7, 11) is 2.21. The molecule has 0 amide bonds. The van der Waals surface area contributed by atoms with E-state index < -0.39 is 0 Å². The van der Waals surface area contributed by atoms with Crippen LogP contribution < -0.4 is 4.90 Å². The number of nitrogens with zero attached hydrogens (tertiary/aromatic N) is 3. The topological polar surface area (TPSA) is 13.1 Å². The summed E-state index contributed by atoms with van der Waals surface area (Å²) in [6.45, 7) is 4.56. The van der Waals surface area contributed by atoms with Crippen LogP contribution in [0.25, 0.3) is 71.1 Å². The average Bonchev–Trinajstić information content (AvgIpc) is 3.74. The number of rotatable bonds is 5. The van der Waals surface area contributed by atoms with Crippen molar-refractivity contribution in [2.45, 2.75) is 13.8 Å². The third-order valence-electron chi connectivity index (χ3n) is 11.0. The van der Waals surface area contributed by atoms with Gasteiger partial charge < -0.3 is 14.0 Å². The highest BCUT2D eigenvalue weighted by atomic mass is 15.1. The second-order valence-corrected chi connectivity index (χ2v) is 14.0. The Morgan fingerprint density at radius 1 is 0.481 bits per heavy atom. The molecule has 0 N–H and O–H groups in total. The lowest BCUT2D eigenvalue weighted by molar-refractivity contribution is 1.01. The van der Waals surface area contributed by atoms with Gasteiger partial charge in [-0.05, 0) is 107 Å². The largest absolute Gasteiger partial charge is 0.343 e. The highest BCUT2D eigenvalue weighted by molar-refractivity contribution is 6.16. The highest BCUT2D eigenvalue weighted by Crippen LogP contribution is 2.48. The molecule has 3 nitrogen and oxygen atoms in total. The van der Waals surface area contributed by atoms with Crippen molar-refractivity contribution in [1.82, 2.24) is 9.13 Å². The fourth-order valence-corrected chi connectivity index (χ4v) is 8.51. The smallest absolute Gasteiger partial charge is 0.0568 e. The number of aryl methyl sites for hydroxylation is 2. The number of fused-ring (bicyclic) bond motifs is 6. The normalized spacial score (nSPS) is 11.8. The van der Waals surface area contributed by atoms with Gasteiger partial charge >= 0.3 is 0 Å². The summed E-state index contributed by atoms with van der Waals surface area (Å²) < 4.78 is 4.72. The molecule has 0 radical (unpaired) electrons. The van der Waals surface area contributed by atoms with E-state index in [1.807, 2.05) is 0 Å². The molecule has 2 aromatic heterocycles. The van der Waals surface area contributed by atoms with Crippen LogP contribution in [-0.2, 0) is 7.05 Å². The molecule has 2 heterocycles. The second kappa shape index (κ2) is 11.8. The van der Waals surface area contributed by atoms with Crippen molar-refractivity contribution >= 4 is 71.3 Å². The fourth-order valence-electron chi connectivity index (χ4n) is 8.51. The minimum absolute atomic E-state index is 1.13. The van der Waals surface area contributed by atoms with Gasteiger partial charge in [0.2, 0.25) is 0 Å². The molecule has 0 atom stereocenters. The van der Waals surface area contributed by atoms with Crippen LogP contribution in [0.4, 0.5) is 17.1 Å². The second-order valence-electron chi connectivity index (χ2n) is 14.0. The van der Waals surface area contributed by atoms with Crippen LogP contribution in [0.15, 0.2) is 170 Å². The Balaban J connectivity index is 1.35. The average molecular weight is 668 g/mol. The van der Waals surface area contributed by atoms with Crippen LogP contribution in [0.1, 0.15) is 11.1 Å². The Hall–Kier alpha value is -6.58. The molecule has 10 aromatic rings. The highest BCUT2D eigenvalue weighted by Gasteiger charge is 2.25. The van der Waals surface area contributed by atoms with Crippen molar-refractivity contribution in [2.75, 3.05) is 4.90 Å². The molecule has 3 heteroatoms. The maximum absolute atomic E-state index is 2.50. The van der Waals surface area contributed by atoms with E-state index in [4.69, 9.17) is 0 Å². The van der Waals surface area contributed by atoms with Crippen molar-refractivity contribution in [2.24, 2.45) is 7.05 Å². The Labute approximate surface area is 303 Å². The lowest BCUT2D eigenvalue weighted by Gasteiger charge is -2.31. The molecule has 0 saturated heterocycles. The van der Waals surface area contributed by atoms with Gasteiger partial charge in [0.05, 0.1) is 16.7 Å². The Kier molecular flexibility index (Phi) is 6.84. The van der Waals surface area contributed by atoms with Gasteiger partial charge in [-0.1, -0.05) is 109 Å². The van der Waals surface area contributed by atoms with Crippen molar-refractivity contribution in [3.63, 3.8) is 0 Å². The summed E-state index contributed by atoms with van der Waals surface area (Å²) in [6.07, 6.45) is 2.23. The summed E-state index contributed by atoms with van der Waals surface area (Å²) in [5.74, 6) is 0. The molecule has 0 aliphatic carbocycles. The predicted octanol–water partition coefficient (Wildman–Crippen LogP) is 13.3. The van der Waals surface area contributed by atoms with Gasteiger partial charge in [0.15, 0.2) is 0 Å². The molecule has 0 aliphatic rings. The van der Waals surface area contributed by atoms with Crippen LogP contribution in [0.3, 0.4) is 0 Å². The zero-order valence-electron chi connectivity index (χ0n) is 29.5. The quantitative estimate of drug-likeness (QED) is 0.178. The first kappa shape index (κ1) is 30.3. The van der Waals surface area contributed by atoms with E-state index in [2.05, 4.69) is 205 Å². The van der Waals surface area contributed by atoms with Crippen LogP contribution in [-0.4, -0.2) is 9.13 Å². The van der Waals surface area contributed by atoms with E-state index in [1.54, 1.807) is 0 Å². The number of benzene rings is 8. The minimum atomic E-state index is 1.13. The van der Waals surface area contributed by atoms with Gasteiger partial charge in [-0.2, -0.15) is 0 Å². The van der Waals surface area contributed by atoms with Crippen molar-refractivity contribution in [3.05, 3.63) is 181 Å². The van der Waals surface area contributed by atoms with Crippen molar-refractivity contribution in [1.29, 1.82) is 0 Å². The first-order valence-corrected chi connectivity index (χ1v) is 18.0. The summed E-state index contributed by atoms with van der Waals surface area (Å²) in [4.78, 5) is 2.50. The van der Waals surface area contributed by atoms with Crippen LogP contribution >= 0.6 is 0 Å². The van der Waals surface area contributed by atoms with Crippen molar-refractivity contribution < 1.29 is 0 Å². The van der Waals surface area contributed by atoms with E-state index >= 15 is 0 Å². The maximum Gasteiger partial charge on any atom is 0.0568 e. The van der Waals surface area contributed by atoms with Crippen molar-refractivity contribution in [3.8, 4) is 16.8 Å². The molecule has 0 unspecified atom stereocenters. The molecule has 8 aromatic carbocycles. The number of hydrogen-bond acceptors (Lipinski definition) is 1. The van der Waals surface area contributed by atoms with Gasteiger partial charge in [0.1, 0.15) is 0 Å². The molecule has 10 rings (SSSR count). The third kappa shape index (κ3) is 4.59. The molecule has 0 fully saturated rings. The van der Waals surface area contributed by atoms with Crippen LogP contribution in [0, 0.1) is 13.8 Å². The van der Waals surface area contributed by atoms with Gasteiger partial charge in [0, 0.05) is 57.5 Å². The van der Waals surface area contributed by atoms with Gasteiger partial charge in [0.25, 0.3) is 0 Å². The summed E-state index contributed by atoms with van der Waals surface area (Å²) in [6, 6.07) is 59.9. The zero-order valence-corrected chi connectivity index (χ0v) is 29.5. The maximum atomic E-state index is 2.50. The third-order valence-corrected chi connectivity index (χ3v) is 11.0. The molecule has 52 heavy (non-hydrogen) atoms. The zero-order chi connectivity index (χ0) is 34.9. The summed E-state index contributed by atoms with van der Waals surface area (Å²) in [5.41, 5.74) is 13.2. The SMILES string of the molecule is Cc1cc2ccccc2cc1N(c1ccc2ccccc2c1)c1cc2c(ccn2-c2ccccc2)c(-c2cccc3c4ccccc4n(C)c23)c1C. The van der Waals surface area contributed by atoms with E-state index in [-0.39, 0.29) is 0 Å². The number of anilines is 3. The lowest BCUT2D eigenvalue weighted by Crippen LogP contribution is -2.14.